The number of aryl methyl sites for hydroxylation is 1. The summed E-state index contributed by atoms with van der Waals surface area (Å²) in [6.07, 6.45) is -4.25. The predicted octanol–water partition coefficient (Wildman–Crippen LogP) is 3.78. The largest absolute Gasteiger partial charge is 0.416 e. The summed E-state index contributed by atoms with van der Waals surface area (Å²) in [6, 6.07) is 3.59. The average Bonchev–Trinajstić information content (AvgIpc) is 1.92. The zero-order valence-corrected chi connectivity index (χ0v) is 7.83. The third-order valence-corrected chi connectivity index (χ3v) is 2.35. The van der Waals surface area contributed by atoms with E-state index in [1.54, 1.807) is 6.92 Å². The molecule has 1 aromatic rings. The summed E-state index contributed by atoms with van der Waals surface area (Å²) >= 11 is 3.04. The Balaban J connectivity index is 3.14. The second-order valence-electron chi connectivity index (χ2n) is 2.46. The van der Waals surface area contributed by atoms with Gasteiger partial charge in [-0.25, -0.2) is 0 Å². The van der Waals surface area contributed by atoms with E-state index in [9.17, 15) is 13.2 Å². The van der Waals surface area contributed by atoms with Crippen LogP contribution in [0.15, 0.2) is 22.7 Å². The van der Waals surface area contributed by atoms with Gasteiger partial charge in [-0.2, -0.15) is 13.2 Å². The summed E-state index contributed by atoms with van der Waals surface area (Å²) in [5.74, 6) is 0. The molecule has 0 saturated heterocycles. The summed E-state index contributed by atoms with van der Waals surface area (Å²) in [7, 11) is 0. The molecule has 0 unspecified atom stereocenters. The summed E-state index contributed by atoms with van der Waals surface area (Å²) in [6.45, 7) is 1.74. The van der Waals surface area contributed by atoms with Crippen LogP contribution in [-0.4, -0.2) is 0 Å². The van der Waals surface area contributed by atoms with Gasteiger partial charge < -0.3 is 0 Å². The van der Waals surface area contributed by atoms with Crippen molar-refractivity contribution in [1.82, 2.24) is 0 Å². The molecule has 0 radical (unpaired) electrons. The molecule has 12 heavy (non-hydrogen) atoms. The number of rotatable bonds is 0. The molecule has 0 nitrogen and oxygen atoms in total. The van der Waals surface area contributed by atoms with Crippen molar-refractivity contribution in [2.75, 3.05) is 0 Å². The van der Waals surface area contributed by atoms with Gasteiger partial charge in [0.05, 0.1) is 5.56 Å². The number of hydrogen-bond donors (Lipinski definition) is 0. The lowest BCUT2D eigenvalue weighted by Crippen LogP contribution is -2.04. The van der Waals surface area contributed by atoms with Crippen LogP contribution in [0.25, 0.3) is 0 Å². The van der Waals surface area contributed by atoms with Gasteiger partial charge in [0, 0.05) is 4.47 Å². The summed E-state index contributed by atoms with van der Waals surface area (Å²) in [5, 5.41) is 0. The summed E-state index contributed by atoms with van der Waals surface area (Å²) in [4.78, 5) is 0. The third kappa shape index (κ3) is 2.00. The molecule has 1 rings (SSSR count). The van der Waals surface area contributed by atoms with Crippen LogP contribution in [0.3, 0.4) is 0 Å². The van der Waals surface area contributed by atoms with E-state index in [1.807, 2.05) is 0 Å². The van der Waals surface area contributed by atoms with Crippen LogP contribution in [0.1, 0.15) is 11.1 Å². The van der Waals surface area contributed by atoms with Crippen molar-refractivity contribution in [3.8, 4) is 0 Å². The molecule has 66 valence electrons. The van der Waals surface area contributed by atoms with E-state index >= 15 is 0 Å². The zero-order chi connectivity index (χ0) is 9.35. The van der Waals surface area contributed by atoms with E-state index in [0.717, 1.165) is 17.7 Å². The maximum Gasteiger partial charge on any atom is 0.416 e. The first kappa shape index (κ1) is 9.58. The number of benzene rings is 1. The second-order valence-corrected chi connectivity index (χ2v) is 3.32. The monoisotopic (exact) mass is 238 g/mol. The third-order valence-electron chi connectivity index (χ3n) is 1.50. The van der Waals surface area contributed by atoms with Gasteiger partial charge in [0.2, 0.25) is 0 Å². The fraction of sp³-hybridized carbons (Fsp3) is 0.250. The van der Waals surface area contributed by atoms with Crippen LogP contribution in [0.4, 0.5) is 13.2 Å². The quantitative estimate of drug-likeness (QED) is 0.646. The summed E-state index contributed by atoms with van der Waals surface area (Å²) < 4.78 is 36.7. The molecule has 0 aliphatic carbocycles. The van der Waals surface area contributed by atoms with Gasteiger partial charge in [-0.1, -0.05) is 22.0 Å². The number of alkyl halides is 3. The first-order chi connectivity index (χ1) is 5.41. The highest BCUT2D eigenvalue weighted by Gasteiger charge is 2.30. The van der Waals surface area contributed by atoms with Crippen molar-refractivity contribution in [3.05, 3.63) is 33.8 Å². The topological polar surface area (TPSA) is 0 Å². The lowest BCUT2D eigenvalue weighted by atomic mass is 10.1. The van der Waals surface area contributed by atoms with Gasteiger partial charge in [-0.3, -0.25) is 0 Å². The molecular weight excluding hydrogens is 233 g/mol. The molecule has 1 aromatic carbocycles. The Morgan fingerprint density at radius 1 is 1.25 bits per heavy atom. The number of hydrogen-bond acceptors (Lipinski definition) is 0. The lowest BCUT2D eigenvalue weighted by molar-refractivity contribution is -0.137. The second kappa shape index (κ2) is 3.09. The molecule has 0 bridgehead atoms. The van der Waals surface area contributed by atoms with E-state index < -0.39 is 11.7 Å². The van der Waals surface area contributed by atoms with Crippen LogP contribution in [0, 0.1) is 6.92 Å². The van der Waals surface area contributed by atoms with E-state index in [-0.39, 0.29) is 0 Å². The Morgan fingerprint density at radius 3 is 2.25 bits per heavy atom. The minimum Gasteiger partial charge on any atom is -0.166 e. The van der Waals surface area contributed by atoms with Crippen molar-refractivity contribution in [1.29, 1.82) is 0 Å². The van der Waals surface area contributed by atoms with Crippen LogP contribution in [0.2, 0.25) is 0 Å². The van der Waals surface area contributed by atoms with Gasteiger partial charge in [-0.05, 0) is 24.6 Å². The molecular formula is C8H6BrF3. The Kier molecular flexibility index (Phi) is 2.46. The first-order valence-electron chi connectivity index (χ1n) is 3.24. The van der Waals surface area contributed by atoms with Crippen molar-refractivity contribution >= 4 is 15.9 Å². The molecule has 0 spiro atoms. The van der Waals surface area contributed by atoms with Crippen molar-refractivity contribution in [3.63, 3.8) is 0 Å². The van der Waals surface area contributed by atoms with Gasteiger partial charge in [0.25, 0.3) is 0 Å². The van der Waals surface area contributed by atoms with Gasteiger partial charge in [0.1, 0.15) is 0 Å². The molecule has 0 aromatic heterocycles. The molecule has 4 heteroatoms. The van der Waals surface area contributed by atoms with Crippen LogP contribution < -0.4 is 0 Å². The minimum atomic E-state index is -4.25. The van der Waals surface area contributed by atoms with Gasteiger partial charge in [-0.15, -0.1) is 0 Å². The highest BCUT2D eigenvalue weighted by atomic mass is 79.9. The van der Waals surface area contributed by atoms with Crippen molar-refractivity contribution in [2.24, 2.45) is 0 Å². The standard InChI is InChI=1S/C8H6BrF3/c1-5-2-3-6(4-7(5)9)8(10,11)12/h2-4H,1H3. The first-order valence-corrected chi connectivity index (χ1v) is 4.04. The predicted molar refractivity (Wildman–Crippen MR) is 43.9 cm³/mol. The Morgan fingerprint density at radius 2 is 1.83 bits per heavy atom. The molecule has 0 saturated carbocycles. The Labute approximate surface area is 76.5 Å². The smallest absolute Gasteiger partial charge is 0.166 e. The van der Waals surface area contributed by atoms with Crippen LogP contribution in [0.5, 0.6) is 0 Å². The van der Waals surface area contributed by atoms with Crippen molar-refractivity contribution < 1.29 is 13.2 Å². The minimum absolute atomic E-state index is 0.484. The van der Waals surface area contributed by atoms with E-state index in [1.165, 1.54) is 6.07 Å². The molecule has 0 heterocycles. The zero-order valence-electron chi connectivity index (χ0n) is 6.24. The fourth-order valence-electron chi connectivity index (χ4n) is 0.769. The van der Waals surface area contributed by atoms with Crippen LogP contribution in [-0.2, 0) is 6.18 Å². The normalized spacial score (nSPS) is 11.8. The average molecular weight is 239 g/mol. The molecule has 0 aliphatic rings. The van der Waals surface area contributed by atoms with Crippen molar-refractivity contribution in [2.45, 2.75) is 13.1 Å². The van der Waals surface area contributed by atoms with Crippen LogP contribution >= 0.6 is 15.9 Å². The van der Waals surface area contributed by atoms with E-state index in [2.05, 4.69) is 15.9 Å². The van der Waals surface area contributed by atoms with Gasteiger partial charge in [0.15, 0.2) is 0 Å². The SMILES string of the molecule is Cc1ccc(C(F)(F)F)cc1Br. The summed E-state index contributed by atoms with van der Waals surface area (Å²) in [5.41, 5.74) is 0.169. The van der Waals surface area contributed by atoms with E-state index in [0.29, 0.717) is 4.47 Å². The maximum atomic E-state index is 12.1. The highest BCUT2D eigenvalue weighted by molar-refractivity contribution is 9.10. The molecule has 0 N–H and O–H groups in total. The molecule has 0 amide bonds. The Bertz CT molecular complexity index is 291. The Hall–Kier alpha value is -0.510. The molecule has 0 atom stereocenters. The fourth-order valence-corrected chi connectivity index (χ4v) is 1.15. The lowest BCUT2D eigenvalue weighted by Gasteiger charge is -2.07. The van der Waals surface area contributed by atoms with Gasteiger partial charge >= 0.3 is 6.18 Å². The maximum absolute atomic E-state index is 12.1. The highest BCUT2D eigenvalue weighted by Crippen LogP contribution is 2.31. The molecule has 0 fully saturated rings. The number of halogens is 4. The van der Waals surface area contributed by atoms with E-state index in [4.69, 9.17) is 0 Å². The molecule has 0 aliphatic heterocycles.